The lowest BCUT2D eigenvalue weighted by atomic mass is 9.94. The van der Waals surface area contributed by atoms with Gasteiger partial charge in [-0.05, 0) is 50.9 Å². The van der Waals surface area contributed by atoms with E-state index in [1.165, 1.54) is 16.7 Å². The number of hydrogen-bond donors (Lipinski definition) is 1. The number of nitrogens with zero attached hydrogens (tertiary/aromatic N) is 1. The van der Waals surface area contributed by atoms with Gasteiger partial charge in [0, 0.05) is 12.5 Å². The molecule has 1 aliphatic rings. The molecule has 0 bridgehead atoms. The molecule has 0 radical (unpaired) electrons. The fourth-order valence-corrected chi connectivity index (χ4v) is 3.46. The van der Waals surface area contributed by atoms with Crippen molar-refractivity contribution < 1.29 is 4.79 Å². The Labute approximate surface area is 151 Å². The fraction of sp³-hybridized carbons (Fsp3) is 0.409. The summed E-state index contributed by atoms with van der Waals surface area (Å²) in [4.78, 5) is 15.0. The first-order valence-corrected chi connectivity index (χ1v) is 9.25. The van der Waals surface area contributed by atoms with Gasteiger partial charge in [-0.2, -0.15) is 0 Å². The van der Waals surface area contributed by atoms with E-state index < -0.39 is 0 Å². The van der Waals surface area contributed by atoms with Crippen LogP contribution in [0.5, 0.6) is 0 Å². The van der Waals surface area contributed by atoms with Crippen LogP contribution < -0.4 is 5.32 Å². The lowest BCUT2D eigenvalue weighted by molar-refractivity contribution is -0.127. The minimum atomic E-state index is 0.0652. The van der Waals surface area contributed by atoms with Gasteiger partial charge in [0.05, 0.1) is 6.04 Å². The summed E-state index contributed by atoms with van der Waals surface area (Å²) in [5.41, 5.74) is 3.76. The monoisotopic (exact) mass is 336 g/mol. The Balaban J connectivity index is 1.47. The van der Waals surface area contributed by atoms with Crippen molar-refractivity contribution in [2.45, 2.75) is 39.3 Å². The Hall–Kier alpha value is -2.13. The van der Waals surface area contributed by atoms with E-state index in [2.05, 4.69) is 78.7 Å². The minimum absolute atomic E-state index is 0.0652. The molecule has 3 nitrogen and oxygen atoms in total. The SMILES string of the molecule is Cc1ccc(C(C)NC(=O)C2CCN(Cc3ccccc3)CC2)cc1. The Kier molecular flexibility index (Phi) is 5.87. The average molecular weight is 336 g/mol. The van der Waals surface area contributed by atoms with E-state index in [1.54, 1.807) is 0 Å². The van der Waals surface area contributed by atoms with Crippen LogP contribution in [0.4, 0.5) is 0 Å². The lowest BCUT2D eigenvalue weighted by Crippen LogP contribution is -2.40. The maximum atomic E-state index is 12.6. The first kappa shape index (κ1) is 17.7. The van der Waals surface area contributed by atoms with Crippen LogP contribution >= 0.6 is 0 Å². The molecule has 1 heterocycles. The van der Waals surface area contributed by atoms with E-state index in [0.29, 0.717) is 0 Å². The molecule has 0 aliphatic carbocycles. The van der Waals surface area contributed by atoms with Gasteiger partial charge < -0.3 is 5.32 Å². The molecule has 132 valence electrons. The molecular formula is C22H28N2O. The predicted octanol–water partition coefficient (Wildman–Crippen LogP) is 4.08. The molecule has 1 amide bonds. The molecule has 1 fully saturated rings. The Morgan fingerprint density at radius 1 is 1.08 bits per heavy atom. The highest BCUT2D eigenvalue weighted by molar-refractivity contribution is 5.79. The quantitative estimate of drug-likeness (QED) is 0.892. The highest BCUT2D eigenvalue weighted by Crippen LogP contribution is 2.21. The predicted molar refractivity (Wildman–Crippen MR) is 102 cm³/mol. The van der Waals surface area contributed by atoms with Gasteiger partial charge in [0.15, 0.2) is 0 Å². The normalized spacial score (nSPS) is 17.2. The van der Waals surface area contributed by atoms with Crippen molar-refractivity contribution in [3.63, 3.8) is 0 Å². The lowest BCUT2D eigenvalue weighted by Gasteiger charge is -2.32. The zero-order valence-electron chi connectivity index (χ0n) is 15.2. The number of likely N-dealkylation sites (tertiary alicyclic amines) is 1. The number of aryl methyl sites for hydroxylation is 1. The minimum Gasteiger partial charge on any atom is -0.349 e. The van der Waals surface area contributed by atoms with Crippen LogP contribution in [0.25, 0.3) is 0 Å². The van der Waals surface area contributed by atoms with E-state index >= 15 is 0 Å². The second-order valence-corrected chi connectivity index (χ2v) is 7.18. The summed E-state index contributed by atoms with van der Waals surface area (Å²) in [5, 5.41) is 3.19. The van der Waals surface area contributed by atoms with Gasteiger partial charge in [0.2, 0.25) is 5.91 Å². The number of piperidine rings is 1. The van der Waals surface area contributed by atoms with Gasteiger partial charge >= 0.3 is 0 Å². The third-order valence-electron chi connectivity index (χ3n) is 5.14. The standard InChI is InChI=1S/C22H28N2O/c1-17-8-10-20(11-9-17)18(2)23-22(25)21-12-14-24(15-13-21)16-19-6-4-3-5-7-19/h3-11,18,21H,12-16H2,1-2H3,(H,23,25). The zero-order chi connectivity index (χ0) is 17.6. The summed E-state index contributed by atoms with van der Waals surface area (Å²) >= 11 is 0. The highest BCUT2D eigenvalue weighted by atomic mass is 16.1. The van der Waals surface area contributed by atoms with Crippen molar-refractivity contribution in [1.29, 1.82) is 0 Å². The summed E-state index contributed by atoms with van der Waals surface area (Å²) < 4.78 is 0. The zero-order valence-corrected chi connectivity index (χ0v) is 15.2. The average Bonchev–Trinajstić information content (AvgIpc) is 2.63. The molecule has 0 aromatic heterocycles. The fourth-order valence-electron chi connectivity index (χ4n) is 3.46. The molecule has 1 unspecified atom stereocenters. The van der Waals surface area contributed by atoms with E-state index in [-0.39, 0.29) is 17.9 Å². The van der Waals surface area contributed by atoms with Crippen LogP contribution in [0, 0.1) is 12.8 Å². The number of rotatable bonds is 5. The topological polar surface area (TPSA) is 32.3 Å². The maximum absolute atomic E-state index is 12.6. The van der Waals surface area contributed by atoms with Crippen LogP contribution in [0.1, 0.15) is 42.5 Å². The van der Waals surface area contributed by atoms with Gasteiger partial charge in [0.1, 0.15) is 0 Å². The molecule has 2 aromatic carbocycles. The van der Waals surface area contributed by atoms with Crippen molar-refractivity contribution in [2.24, 2.45) is 5.92 Å². The number of carbonyl (C=O) groups is 1. The molecule has 1 aliphatic heterocycles. The van der Waals surface area contributed by atoms with Crippen LogP contribution in [0.15, 0.2) is 54.6 Å². The van der Waals surface area contributed by atoms with Crippen molar-refractivity contribution >= 4 is 5.91 Å². The Morgan fingerprint density at radius 3 is 2.36 bits per heavy atom. The van der Waals surface area contributed by atoms with Crippen molar-refractivity contribution in [1.82, 2.24) is 10.2 Å². The molecule has 3 heteroatoms. The van der Waals surface area contributed by atoms with Crippen LogP contribution in [0.2, 0.25) is 0 Å². The first-order valence-electron chi connectivity index (χ1n) is 9.25. The van der Waals surface area contributed by atoms with E-state index in [1.807, 2.05) is 0 Å². The van der Waals surface area contributed by atoms with Gasteiger partial charge in [-0.25, -0.2) is 0 Å². The molecule has 3 rings (SSSR count). The van der Waals surface area contributed by atoms with Crippen LogP contribution in [0.3, 0.4) is 0 Å². The number of amides is 1. The third kappa shape index (κ3) is 4.93. The molecule has 25 heavy (non-hydrogen) atoms. The van der Waals surface area contributed by atoms with E-state index in [9.17, 15) is 4.79 Å². The Morgan fingerprint density at radius 2 is 1.72 bits per heavy atom. The Bertz CT molecular complexity index is 673. The van der Waals surface area contributed by atoms with Crippen molar-refractivity contribution in [3.8, 4) is 0 Å². The second-order valence-electron chi connectivity index (χ2n) is 7.18. The molecule has 2 aromatic rings. The summed E-state index contributed by atoms with van der Waals surface area (Å²) in [6, 6.07) is 19.0. The number of benzene rings is 2. The number of hydrogen-bond acceptors (Lipinski definition) is 2. The highest BCUT2D eigenvalue weighted by Gasteiger charge is 2.25. The molecule has 1 N–H and O–H groups in total. The number of nitrogens with one attached hydrogen (secondary N) is 1. The summed E-state index contributed by atoms with van der Waals surface area (Å²) in [6.45, 7) is 7.11. The van der Waals surface area contributed by atoms with Gasteiger partial charge in [-0.1, -0.05) is 60.2 Å². The van der Waals surface area contributed by atoms with Gasteiger partial charge in [-0.3, -0.25) is 9.69 Å². The number of carbonyl (C=O) groups excluding carboxylic acids is 1. The molecule has 1 atom stereocenters. The molecule has 0 saturated carbocycles. The largest absolute Gasteiger partial charge is 0.349 e. The summed E-state index contributed by atoms with van der Waals surface area (Å²) in [6.07, 6.45) is 1.89. The summed E-state index contributed by atoms with van der Waals surface area (Å²) in [5.74, 6) is 0.340. The third-order valence-corrected chi connectivity index (χ3v) is 5.14. The van der Waals surface area contributed by atoms with Crippen molar-refractivity contribution in [2.75, 3.05) is 13.1 Å². The van der Waals surface area contributed by atoms with E-state index in [0.717, 1.165) is 32.5 Å². The van der Waals surface area contributed by atoms with Gasteiger partial charge in [-0.15, -0.1) is 0 Å². The second kappa shape index (κ2) is 8.30. The van der Waals surface area contributed by atoms with Crippen molar-refractivity contribution in [3.05, 3.63) is 71.3 Å². The van der Waals surface area contributed by atoms with E-state index in [4.69, 9.17) is 0 Å². The van der Waals surface area contributed by atoms with Crippen LogP contribution in [-0.4, -0.2) is 23.9 Å². The van der Waals surface area contributed by atoms with Gasteiger partial charge in [0.25, 0.3) is 0 Å². The molecule has 1 saturated heterocycles. The smallest absolute Gasteiger partial charge is 0.223 e. The molecule has 0 spiro atoms. The summed E-state index contributed by atoms with van der Waals surface area (Å²) in [7, 11) is 0. The maximum Gasteiger partial charge on any atom is 0.223 e. The van der Waals surface area contributed by atoms with Crippen LogP contribution in [-0.2, 0) is 11.3 Å². The first-order chi connectivity index (χ1) is 12.1. The molecular weight excluding hydrogens is 308 g/mol.